The predicted octanol–water partition coefficient (Wildman–Crippen LogP) is 2.17. The molecule has 0 saturated carbocycles. The van der Waals surface area contributed by atoms with E-state index in [4.69, 9.17) is 0 Å². The van der Waals surface area contributed by atoms with Gasteiger partial charge in [0.05, 0.1) is 16.4 Å². The van der Waals surface area contributed by atoms with Crippen molar-refractivity contribution in [1.29, 1.82) is 0 Å². The van der Waals surface area contributed by atoms with Crippen molar-refractivity contribution in [2.45, 2.75) is 18.4 Å². The number of aromatic nitrogens is 2. The molecule has 0 atom stereocenters. The molecule has 1 heterocycles. The third kappa shape index (κ3) is 1.63. The predicted molar refractivity (Wildman–Crippen MR) is 68.7 cm³/mol. The molecule has 0 unspecified atom stereocenters. The standard InChI is InChI=1S/C13H13BrN2O/c1-16-12(11(14)8-15-16)13(17)6-9-4-2-3-5-10(9)7-13/h2-5,8,17H,6-7H2,1H3. The number of rotatable bonds is 1. The lowest BCUT2D eigenvalue weighted by molar-refractivity contribution is 0.0389. The molecule has 0 amide bonds. The molecular weight excluding hydrogens is 280 g/mol. The Kier molecular flexibility index (Phi) is 2.38. The first-order valence-corrected chi connectivity index (χ1v) is 6.36. The highest BCUT2D eigenvalue weighted by molar-refractivity contribution is 9.10. The fourth-order valence-electron chi connectivity index (χ4n) is 2.70. The SMILES string of the molecule is Cn1ncc(Br)c1C1(O)Cc2ccccc2C1. The maximum absolute atomic E-state index is 10.8. The lowest BCUT2D eigenvalue weighted by Crippen LogP contribution is -2.29. The average molecular weight is 293 g/mol. The molecule has 1 aromatic carbocycles. The summed E-state index contributed by atoms with van der Waals surface area (Å²) in [6, 6.07) is 8.20. The maximum Gasteiger partial charge on any atom is 0.115 e. The molecule has 0 bridgehead atoms. The zero-order valence-corrected chi connectivity index (χ0v) is 11.1. The number of hydrogen-bond acceptors (Lipinski definition) is 2. The molecule has 0 radical (unpaired) electrons. The summed E-state index contributed by atoms with van der Waals surface area (Å²) in [5, 5.41) is 15.0. The molecule has 0 spiro atoms. The van der Waals surface area contributed by atoms with Gasteiger partial charge in [0.15, 0.2) is 0 Å². The first kappa shape index (κ1) is 11.0. The van der Waals surface area contributed by atoms with Crippen LogP contribution < -0.4 is 0 Å². The fraction of sp³-hybridized carbons (Fsp3) is 0.308. The molecule has 3 nitrogen and oxygen atoms in total. The van der Waals surface area contributed by atoms with Gasteiger partial charge in [-0.3, -0.25) is 4.68 Å². The van der Waals surface area contributed by atoms with Gasteiger partial charge in [-0.05, 0) is 27.1 Å². The van der Waals surface area contributed by atoms with Crippen LogP contribution in [0.3, 0.4) is 0 Å². The van der Waals surface area contributed by atoms with Crippen LogP contribution in [-0.2, 0) is 25.5 Å². The van der Waals surface area contributed by atoms with Gasteiger partial charge in [-0.1, -0.05) is 24.3 Å². The first-order chi connectivity index (χ1) is 8.10. The summed E-state index contributed by atoms with van der Waals surface area (Å²) in [7, 11) is 1.86. The van der Waals surface area contributed by atoms with Crippen LogP contribution in [0.2, 0.25) is 0 Å². The summed E-state index contributed by atoms with van der Waals surface area (Å²) in [4.78, 5) is 0. The van der Waals surface area contributed by atoms with Gasteiger partial charge in [-0.15, -0.1) is 0 Å². The Morgan fingerprint density at radius 1 is 1.29 bits per heavy atom. The van der Waals surface area contributed by atoms with Gasteiger partial charge in [0.25, 0.3) is 0 Å². The van der Waals surface area contributed by atoms with E-state index in [2.05, 4.69) is 33.2 Å². The second-order valence-electron chi connectivity index (χ2n) is 4.62. The molecule has 3 rings (SSSR count). The molecule has 4 heteroatoms. The van der Waals surface area contributed by atoms with Gasteiger partial charge in [0, 0.05) is 19.9 Å². The van der Waals surface area contributed by atoms with E-state index in [1.54, 1.807) is 10.9 Å². The number of fused-ring (bicyclic) bond motifs is 1. The van der Waals surface area contributed by atoms with Gasteiger partial charge in [-0.2, -0.15) is 5.10 Å². The van der Waals surface area contributed by atoms with Crippen LogP contribution in [-0.4, -0.2) is 14.9 Å². The maximum atomic E-state index is 10.8. The van der Waals surface area contributed by atoms with Crippen LogP contribution >= 0.6 is 15.9 Å². The second-order valence-corrected chi connectivity index (χ2v) is 5.47. The average Bonchev–Trinajstić information content (AvgIpc) is 2.78. The minimum atomic E-state index is -0.840. The smallest absolute Gasteiger partial charge is 0.115 e. The zero-order valence-electron chi connectivity index (χ0n) is 9.52. The summed E-state index contributed by atoms with van der Waals surface area (Å²) in [6.07, 6.45) is 3.04. The molecule has 2 aromatic rings. The van der Waals surface area contributed by atoms with Gasteiger partial charge >= 0.3 is 0 Å². The van der Waals surface area contributed by atoms with E-state index in [0.717, 1.165) is 10.2 Å². The van der Waals surface area contributed by atoms with Crippen molar-refractivity contribution in [1.82, 2.24) is 9.78 Å². The molecule has 1 N–H and O–H groups in total. The van der Waals surface area contributed by atoms with Crippen LogP contribution in [0, 0.1) is 0 Å². The quantitative estimate of drug-likeness (QED) is 0.875. The number of benzene rings is 1. The molecule has 0 aliphatic heterocycles. The van der Waals surface area contributed by atoms with Crippen molar-refractivity contribution in [3.8, 4) is 0 Å². The lowest BCUT2D eigenvalue weighted by atomic mass is 9.96. The Bertz CT molecular complexity index is 532. The number of hydrogen-bond donors (Lipinski definition) is 1. The second kappa shape index (κ2) is 3.68. The molecule has 88 valence electrons. The van der Waals surface area contributed by atoms with Crippen molar-refractivity contribution in [3.63, 3.8) is 0 Å². The minimum Gasteiger partial charge on any atom is -0.383 e. The number of halogens is 1. The molecule has 17 heavy (non-hydrogen) atoms. The van der Waals surface area contributed by atoms with Gasteiger partial charge < -0.3 is 5.11 Å². The normalized spacial score (nSPS) is 17.1. The molecule has 1 aliphatic carbocycles. The molecule has 0 saturated heterocycles. The Morgan fingerprint density at radius 2 is 1.88 bits per heavy atom. The van der Waals surface area contributed by atoms with E-state index in [1.807, 2.05) is 19.2 Å². The lowest BCUT2D eigenvalue weighted by Gasteiger charge is -2.23. The fourth-order valence-corrected chi connectivity index (χ4v) is 3.41. The van der Waals surface area contributed by atoms with Gasteiger partial charge in [0.2, 0.25) is 0 Å². The van der Waals surface area contributed by atoms with E-state index in [9.17, 15) is 5.11 Å². The van der Waals surface area contributed by atoms with E-state index in [0.29, 0.717) is 12.8 Å². The Balaban J connectivity index is 2.07. The van der Waals surface area contributed by atoms with Crippen molar-refractivity contribution in [3.05, 3.63) is 51.8 Å². The Labute approximate surface area is 108 Å². The van der Waals surface area contributed by atoms with Crippen molar-refractivity contribution < 1.29 is 5.11 Å². The van der Waals surface area contributed by atoms with E-state index >= 15 is 0 Å². The summed E-state index contributed by atoms with van der Waals surface area (Å²) < 4.78 is 2.62. The summed E-state index contributed by atoms with van der Waals surface area (Å²) in [5.74, 6) is 0. The monoisotopic (exact) mass is 292 g/mol. The van der Waals surface area contributed by atoms with Crippen LogP contribution in [0.15, 0.2) is 34.9 Å². The zero-order chi connectivity index (χ0) is 12.0. The largest absolute Gasteiger partial charge is 0.383 e. The van der Waals surface area contributed by atoms with Crippen molar-refractivity contribution in [2.75, 3.05) is 0 Å². The van der Waals surface area contributed by atoms with Crippen molar-refractivity contribution in [2.24, 2.45) is 7.05 Å². The summed E-state index contributed by atoms with van der Waals surface area (Å²) >= 11 is 3.46. The van der Waals surface area contributed by atoms with Crippen LogP contribution in [0.1, 0.15) is 16.8 Å². The van der Waals surface area contributed by atoms with Crippen molar-refractivity contribution >= 4 is 15.9 Å². The molecule has 1 aliphatic rings. The third-order valence-corrected chi connectivity index (χ3v) is 4.00. The van der Waals surface area contributed by atoms with Crippen LogP contribution in [0.5, 0.6) is 0 Å². The van der Waals surface area contributed by atoms with Gasteiger partial charge in [-0.25, -0.2) is 0 Å². The molecule has 1 aromatic heterocycles. The van der Waals surface area contributed by atoms with Crippen LogP contribution in [0.4, 0.5) is 0 Å². The number of aryl methyl sites for hydroxylation is 1. The van der Waals surface area contributed by atoms with Gasteiger partial charge in [0.1, 0.15) is 5.60 Å². The number of aliphatic hydroxyl groups is 1. The van der Waals surface area contributed by atoms with E-state index in [1.165, 1.54) is 11.1 Å². The molecule has 0 fully saturated rings. The summed E-state index contributed by atoms with van der Waals surface area (Å²) in [5.41, 5.74) is 2.47. The first-order valence-electron chi connectivity index (χ1n) is 5.57. The van der Waals surface area contributed by atoms with E-state index < -0.39 is 5.60 Å². The van der Waals surface area contributed by atoms with E-state index in [-0.39, 0.29) is 0 Å². The Hall–Kier alpha value is -1.13. The third-order valence-electron chi connectivity index (χ3n) is 3.42. The highest BCUT2D eigenvalue weighted by Crippen LogP contribution is 2.40. The highest BCUT2D eigenvalue weighted by Gasteiger charge is 2.40. The molecular formula is C13H13BrN2O. The Morgan fingerprint density at radius 3 is 2.35 bits per heavy atom. The summed E-state index contributed by atoms with van der Waals surface area (Å²) in [6.45, 7) is 0. The minimum absolute atomic E-state index is 0.654. The van der Waals surface area contributed by atoms with Crippen LogP contribution in [0.25, 0.3) is 0 Å². The number of nitrogens with zero attached hydrogens (tertiary/aromatic N) is 2. The highest BCUT2D eigenvalue weighted by atomic mass is 79.9. The topological polar surface area (TPSA) is 38.0 Å².